The summed E-state index contributed by atoms with van der Waals surface area (Å²) >= 11 is 0. The van der Waals surface area contributed by atoms with Gasteiger partial charge in [0.1, 0.15) is 18.0 Å². The molecule has 172 valence electrons. The van der Waals surface area contributed by atoms with Gasteiger partial charge in [-0.1, -0.05) is 12.1 Å². The van der Waals surface area contributed by atoms with Crippen LogP contribution in [0.1, 0.15) is 23.2 Å². The van der Waals surface area contributed by atoms with E-state index in [9.17, 15) is 14.0 Å². The number of halogens is 1. The number of benzene rings is 2. The Hall–Kier alpha value is -4.34. The lowest BCUT2D eigenvalue weighted by Crippen LogP contribution is -2.38. The van der Waals surface area contributed by atoms with E-state index in [0.717, 1.165) is 5.82 Å². The maximum atomic E-state index is 13.4. The first-order chi connectivity index (χ1) is 16.5. The fourth-order valence-electron chi connectivity index (χ4n) is 4.01. The van der Waals surface area contributed by atoms with Crippen LogP contribution in [0.15, 0.2) is 67.0 Å². The molecule has 1 aliphatic heterocycles. The molecule has 2 aromatic carbocycles. The van der Waals surface area contributed by atoms with Crippen molar-refractivity contribution >= 4 is 34.7 Å². The molecule has 2 amide bonds. The molecule has 5 rings (SSSR count). The molecule has 0 spiro atoms. The van der Waals surface area contributed by atoms with Crippen LogP contribution in [0, 0.1) is 11.7 Å². The van der Waals surface area contributed by atoms with Crippen LogP contribution >= 0.6 is 0 Å². The highest BCUT2D eigenvalue weighted by Crippen LogP contribution is 2.24. The van der Waals surface area contributed by atoms with E-state index in [0.29, 0.717) is 48.5 Å². The highest BCUT2D eigenvalue weighted by molar-refractivity contribution is 6.05. The first kappa shape index (κ1) is 21.5. The first-order valence-corrected chi connectivity index (χ1v) is 10.9. The van der Waals surface area contributed by atoms with Gasteiger partial charge >= 0.3 is 0 Å². The minimum Gasteiger partial charge on any atom is -0.355 e. The third-order valence-electron chi connectivity index (χ3n) is 5.81. The summed E-state index contributed by atoms with van der Waals surface area (Å²) in [4.78, 5) is 27.5. The van der Waals surface area contributed by atoms with Crippen molar-refractivity contribution in [3.8, 4) is 0 Å². The molecule has 0 bridgehead atoms. The number of nitrogens with zero attached hydrogens (tertiary/aromatic N) is 5. The third kappa shape index (κ3) is 4.70. The molecule has 1 fully saturated rings. The summed E-state index contributed by atoms with van der Waals surface area (Å²) < 4.78 is 15.0. The first-order valence-electron chi connectivity index (χ1n) is 10.9. The lowest BCUT2D eigenvalue weighted by molar-refractivity contribution is -0.120. The van der Waals surface area contributed by atoms with Crippen LogP contribution < -0.4 is 15.5 Å². The van der Waals surface area contributed by atoms with Crippen LogP contribution in [-0.2, 0) is 4.79 Å². The van der Waals surface area contributed by atoms with Crippen molar-refractivity contribution in [2.75, 3.05) is 28.6 Å². The van der Waals surface area contributed by atoms with Gasteiger partial charge in [0.15, 0.2) is 5.65 Å². The molecule has 0 unspecified atom stereocenters. The Kier molecular flexibility index (Phi) is 5.86. The van der Waals surface area contributed by atoms with Gasteiger partial charge < -0.3 is 15.5 Å². The smallest absolute Gasteiger partial charge is 0.255 e. The number of piperidine rings is 1. The van der Waals surface area contributed by atoms with Crippen molar-refractivity contribution in [3.05, 3.63) is 78.4 Å². The summed E-state index contributed by atoms with van der Waals surface area (Å²) in [6.07, 6.45) is 2.94. The number of amides is 2. The van der Waals surface area contributed by atoms with Gasteiger partial charge in [-0.2, -0.15) is 4.52 Å². The van der Waals surface area contributed by atoms with E-state index < -0.39 is 5.82 Å². The summed E-state index contributed by atoms with van der Waals surface area (Å²) in [6, 6.07) is 16.2. The minimum atomic E-state index is -0.431. The highest BCUT2D eigenvalue weighted by atomic mass is 19.1. The maximum Gasteiger partial charge on any atom is 0.255 e. The molecule has 0 radical (unpaired) electrons. The number of hydrogen-bond donors (Lipinski definition) is 2. The van der Waals surface area contributed by atoms with E-state index in [4.69, 9.17) is 0 Å². The van der Waals surface area contributed by atoms with Crippen molar-refractivity contribution in [2.24, 2.45) is 5.92 Å². The van der Waals surface area contributed by atoms with E-state index in [1.807, 2.05) is 12.1 Å². The average Bonchev–Trinajstić information content (AvgIpc) is 3.32. The molecule has 10 heteroatoms. The number of hydrogen-bond acceptors (Lipinski definition) is 6. The van der Waals surface area contributed by atoms with E-state index in [1.54, 1.807) is 41.2 Å². The third-order valence-corrected chi connectivity index (χ3v) is 5.81. The predicted molar refractivity (Wildman–Crippen MR) is 125 cm³/mol. The van der Waals surface area contributed by atoms with Crippen LogP contribution in [0.2, 0.25) is 0 Å². The number of carbonyl (C=O) groups is 2. The van der Waals surface area contributed by atoms with Crippen molar-refractivity contribution in [3.63, 3.8) is 0 Å². The normalized spacial score (nSPS) is 14.2. The number of rotatable bonds is 5. The van der Waals surface area contributed by atoms with Crippen LogP contribution in [0.3, 0.4) is 0 Å². The molecule has 2 aromatic heterocycles. The molecule has 3 heterocycles. The van der Waals surface area contributed by atoms with Crippen molar-refractivity contribution in [1.82, 2.24) is 19.8 Å². The zero-order valence-electron chi connectivity index (χ0n) is 18.2. The molecule has 0 saturated carbocycles. The maximum absolute atomic E-state index is 13.4. The second kappa shape index (κ2) is 9.26. The summed E-state index contributed by atoms with van der Waals surface area (Å²) in [5.74, 6) is -0.208. The van der Waals surface area contributed by atoms with E-state index in [2.05, 4.69) is 30.8 Å². The van der Waals surface area contributed by atoms with Gasteiger partial charge in [-0.3, -0.25) is 9.59 Å². The predicted octanol–water partition coefficient (Wildman–Crippen LogP) is 3.37. The number of aromatic nitrogens is 4. The quantitative estimate of drug-likeness (QED) is 0.474. The van der Waals surface area contributed by atoms with E-state index in [-0.39, 0.29) is 17.7 Å². The summed E-state index contributed by atoms with van der Waals surface area (Å²) in [5.41, 5.74) is 1.96. The number of anilines is 3. The Morgan fingerprint density at radius 1 is 0.941 bits per heavy atom. The van der Waals surface area contributed by atoms with Gasteiger partial charge in [-0.15, -0.1) is 15.3 Å². The van der Waals surface area contributed by atoms with Gasteiger partial charge in [0.05, 0.1) is 0 Å². The lowest BCUT2D eigenvalue weighted by atomic mass is 9.95. The molecule has 1 saturated heterocycles. The van der Waals surface area contributed by atoms with Crippen molar-refractivity contribution in [1.29, 1.82) is 0 Å². The topological polar surface area (TPSA) is 105 Å². The van der Waals surface area contributed by atoms with Crippen molar-refractivity contribution in [2.45, 2.75) is 12.8 Å². The Balaban J connectivity index is 1.18. The van der Waals surface area contributed by atoms with Gasteiger partial charge in [0.25, 0.3) is 5.91 Å². The van der Waals surface area contributed by atoms with Gasteiger partial charge in [-0.25, -0.2) is 4.39 Å². The summed E-state index contributed by atoms with van der Waals surface area (Å²) in [6.45, 7) is 1.41. The zero-order chi connectivity index (χ0) is 23.5. The minimum absolute atomic E-state index is 0.0791. The fraction of sp³-hybridized carbons (Fsp3) is 0.208. The second-order valence-corrected chi connectivity index (χ2v) is 8.12. The molecule has 0 atom stereocenters. The molecule has 9 nitrogen and oxygen atoms in total. The Morgan fingerprint density at radius 3 is 2.50 bits per heavy atom. The Labute approximate surface area is 194 Å². The molecule has 0 aliphatic carbocycles. The Bertz CT molecular complexity index is 1350. The molecular formula is C24H22FN7O2. The second-order valence-electron chi connectivity index (χ2n) is 8.12. The molecular weight excluding hydrogens is 437 g/mol. The SMILES string of the molecule is O=C(Nc1cccc(F)c1)c1cccc(NC(=O)C2CCN(c3ccc4nncn4n3)CC2)c1. The fourth-order valence-corrected chi connectivity index (χ4v) is 4.01. The monoisotopic (exact) mass is 459 g/mol. The van der Waals surface area contributed by atoms with Gasteiger partial charge in [0, 0.05) is 35.9 Å². The van der Waals surface area contributed by atoms with Crippen LogP contribution in [-0.4, -0.2) is 44.7 Å². The standard InChI is InChI=1S/C24H22FN7O2/c25-18-4-2-6-20(14-18)28-24(34)17-3-1-5-19(13-17)27-23(33)16-9-11-31(12-10-16)22-8-7-21-29-26-15-32(21)30-22/h1-8,13-16H,9-12H2,(H,27,33)(H,28,34). The zero-order valence-corrected chi connectivity index (χ0v) is 18.2. The summed E-state index contributed by atoms with van der Waals surface area (Å²) in [5, 5.41) is 17.9. The molecule has 34 heavy (non-hydrogen) atoms. The number of fused-ring (bicyclic) bond motifs is 1. The highest BCUT2D eigenvalue weighted by Gasteiger charge is 2.26. The average molecular weight is 459 g/mol. The number of carbonyl (C=O) groups excluding carboxylic acids is 2. The lowest BCUT2D eigenvalue weighted by Gasteiger charge is -2.32. The van der Waals surface area contributed by atoms with Gasteiger partial charge in [-0.05, 0) is 61.4 Å². The largest absolute Gasteiger partial charge is 0.355 e. The van der Waals surface area contributed by atoms with Crippen LogP contribution in [0.25, 0.3) is 5.65 Å². The van der Waals surface area contributed by atoms with Crippen molar-refractivity contribution < 1.29 is 14.0 Å². The summed E-state index contributed by atoms with van der Waals surface area (Å²) in [7, 11) is 0. The van der Waals surface area contributed by atoms with E-state index >= 15 is 0 Å². The number of nitrogens with one attached hydrogen (secondary N) is 2. The van der Waals surface area contributed by atoms with E-state index in [1.165, 1.54) is 18.2 Å². The molecule has 2 N–H and O–H groups in total. The van der Waals surface area contributed by atoms with Crippen LogP contribution in [0.5, 0.6) is 0 Å². The molecule has 4 aromatic rings. The van der Waals surface area contributed by atoms with Crippen LogP contribution in [0.4, 0.5) is 21.6 Å². The molecule has 1 aliphatic rings. The van der Waals surface area contributed by atoms with Gasteiger partial charge in [0.2, 0.25) is 5.91 Å². The Morgan fingerprint density at radius 2 is 1.71 bits per heavy atom.